The zero-order valence-electron chi connectivity index (χ0n) is 18.6. The maximum atomic E-state index is 12.9. The second kappa shape index (κ2) is 12.8. The predicted octanol–water partition coefficient (Wildman–Crippen LogP) is 5.18. The summed E-state index contributed by atoms with van der Waals surface area (Å²) in [5.41, 5.74) is 2.27. The summed E-state index contributed by atoms with van der Waals surface area (Å²) in [5, 5.41) is 22.0. The molecule has 1 aliphatic rings. The number of phenolic OH excluding ortho intramolecular Hbond substituents is 1. The summed E-state index contributed by atoms with van der Waals surface area (Å²) in [7, 11) is 0. The molecule has 1 aliphatic heterocycles. The first-order valence-corrected chi connectivity index (χ1v) is 12.2. The third kappa shape index (κ3) is 7.34. The number of amides is 2. The van der Waals surface area contributed by atoms with E-state index in [2.05, 4.69) is 37.2 Å². The first-order chi connectivity index (χ1) is 16.8. The summed E-state index contributed by atoms with van der Waals surface area (Å²) in [6.07, 6.45) is 1.00. The number of fused-ring (bicyclic) bond motifs is 1. The van der Waals surface area contributed by atoms with E-state index in [-0.39, 0.29) is 12.5 Å². The van der Waals surface area contributed by atoms with Gasteiger partial charge < -0.3 is 24.1 Å². The van der Waals surface area contributed by atoms with Crippen LogP contribution >= 0.6 is 31.9 Å². The number of allylic oxidation sites excluding steroid dienone is 1. The van der Waals surface area contributed by atoms with Gasteiger partial charge in [0.15, 0.2) is 17.6 Å². The highest BCUT2D eigenvalue weighted by atomic mass is 79.9. The third-order valence-electron chi connectivity index (χ3n) is 4.93. The van der Waals surface area contributed by atoms with Gasteiger partial charge in [-0.15, -0.1) is 0 Å². The highest BCUT2D eigenvalue weighted by molar-refractivity contribution is 9.11. The number of hydroxylamine groups is 1. The number of hydrogen-bond acceptors (Lipinski definition) is 8. The molecule has 10 nitrogen and oxygen atoms in total. The Morgan fingerprint density at radius 2 is 1.97 bits per heavy atom. The number of benzene rings is 2. The molecule has 0 bridgehead atoms. The van der Waals surface area contributed by atoms with Crippen molar-refractivity contribution in [3.05, 3.63) is 57.0 Å². The highest BCUT2D eigenvalue weighted by Crippen LogP contribution is 2.40. The Balaban J connectivity index is 1.84. The van der Waals surface area contributed by atoms with E-state index in [9.17, 15) is 14.7 Å². The minimum Gasteiger partial charge on any atom is -0.506 e. The van der Waals surface area contributed by atoms with Crippen LogP contribution < -0.4 is 20.3 Å². The van der Waals surface area contributed by atoms with E-state index in [1.165, 1.54) is 11.6 Å². The summed E-state index contributed by atoms with van der Waals surface area (Å²) in [5.74, 6) is 0.306. The number of nitrogens with one attached hydrogen (secondary N) is 2. The average Bonchev–Trinajstić information content (AvgIpc) is 3.30. The van der Waals surface area contributed by atoms with Crippen LogP contribution in [0.3, 0.4) is 0 Å². The van der Waals surface area contributed by atoms with Gasteiger partial charge >= 0.3 is 6.09 Å². The fourth-order valence-electron chi connectivity index (χ4n) is 3.40. The Hall–Kier alpha value is -2.80. The fourth-order valence-corrected chi connectivity index (χ4v) is 4.66. The molecule has 12 heteroatoms. The molecule has 0 unspecified atom stereocenters. The predicted molar refractivity (Wildman–Crippen MR) is 133 cm³/mol. The van der Waals surface area contributed by atoms with Crippen molar-refractivity contribution in [3.8, 4) is 17.2 Å². The fraction of sp³-hybridized carbons (Fsp3) is 0.304. The molecule has 0 saturated heterocycles. The first kappa shape index (κ1) is 26.8. The molecule has 2 aromatic carbocycles. The lowest BCUT2D eigenvalue weighted by Gasteiger charge is -2.28. The number of anilines is 1. The van der Waals surface area contributed by atoms with Crippen molar-refractivity contribution in [2.24, 2.45) is 0 Å². The van der Waals surface area contributed by atoms with E-state index in [1.807, 2.05) is 0 Å². The zero-order valence-corrected chi connectivity index (χ0v) is 21.8. The summed E-state index contributed by atoms with van der Waals surface area (Å²) < 4.78 is 23.3. The van der Waals surface area contributed by atoms with Gasteiger partial charge in [0.25, 0.3) is 5.91 Å². The first-order valence-electron chi connectivity index (χ1n) is 10.6. The number of carbonyl (C=O) groups is 2. The van der Waals surface area contributed by atoms with E-state index in [0.29, 0.717) is 51.1 Å². The molecule has 35 heavy (non-hydrogen) atoms. The van der Waals surface area contributed by atoms with Crippen LogP contribution in [-0.4, -0.2) is 41.8 Å². The lowest BCUT2D eigenvalue weighted by molar-refractivity contribution is -0.124. The minimum absolute atomic E-state index is 0.103. The molecule has 2 aromatic rings. The number of hydrogen-bond donors (Lipinski definition) is 4. The summed E-state index contributed by atoms with van der Waals surface area (Å²) in [6.45, 7) is 2.21. The SMILES string of the molecule is CCO[C@H](CC/C=C/C(=O)NO)[C@H](OC(=O)Nc1ccc2c(c1)OCO2)c1cc(Br)cc(Br)c1O. The van der Waals surface area contributed by atoms with Crippen molar-refractivity contribution in [1.82, 2.24) is 5.48 Å². The molecule has 0 radical (unpaired) electrons. The van der Waals surface area contributed by atoms with Crippen LogP contribution in [0.2, 0.25) is 0 Å². The quantitative estimate of drug-likeness (QED) is 0.163. The smallest absolute Gasteiger partial charge is 0.412 e. The molecule has 0 aromatic heterocycles. The van der Waals surface area contributed by atoms with Crippen LogP contribution in [0.5, 0.6) is 17.2 Å². The van der Waals surface area contributed by atoms with Gasteiger partial charge in [0.05, 0.1) is 10.6 Å². The number of ether oxygens (including phenoxy) is 4. The summed E-state index contributed by atoms with van der Waals surface area (Å²) >= 11 is 6.70. The lowest BCUT2D eigenvalue weighted by atomic mass is 9.99. The number of carbonyl (C=O) groups excluding carboxylic acids is 2. The summed E-state index contributed by atoms with van der Waals surface area (Å²) in [6, 6.07) is 8.23. The maximum absolute atomic E-state index is 12.9. The van der Waals surface area contributed by atoms with E-state index < -0.39 is 24.2 Å². The lowest BCUT2D eigenvalue weighted by Crippen LogP contribution is -2.29. The normalized spacial score (nSPS) is 13.9. The third-order valence-corrected chi connectivity index (χ3v) is 6.00. The topological polar surface area (TPSA) is 136 Å². The highest BCUT2D eigenvalue weighted by Gasteiger charge is 2.31. The Morgan fingerprint density at radius 3 is 2.71 bits per heavy atom. The van der Waals surface area contributed by atoms with Crippen molar-refractivity contribution in [1.29, 1.82) is 0 Å². The number of aromatic hydroxyl groups is 1. The average molecular weight is 616 g/mol. The molecule has 0 aliphatic carbocycles. The molecule has 0 spiro atoms. The number of phenols is 1. The largest absolute Gasteiger partial charge is 0.506 e. The van der Waals surface area contributed by atoms with Crippen LogP contribution in [-0.2, 0) is 14.3 Å². The Bertz CT molecular complexity index is 1100. The molecular formula is C23H24Br2N2O8. The molecule has 3 rings (SSSR count). The van der Waals surface area contributed by atoms with Crippen LogP contribution in [0.1, 0.15) is 31.4 Å². The van der Waals surface area contributed by atoms with E-state index in [4.69, 9.17) is 24.2 Å². The van der Waals surface area contributed by atoms with Crippen molar-refractivity contribution in [2.75, 3.05) is 18.7 Å². The standard InChI is InChI=1S/C23H24Br2N2O8/c1-2-32-18(5-3-4-6-20(28)27-31)22(15-9-13(24)10-16(25)21(15)29)35-23(30)26-14-7-8-17-19(11-14)34-12-33-17/h4,6-11,18,22,29,31H,2-3,5,12H2,1H3,(H,26,30)(H,27,28)/b6-4+/t18-,22-/m1/s1. The zero-order chi connectivity index (χ0) is 25.4. The van der Waals surface area contributed by atoms with Crippen LogP contribution in [0.4, 0.5) is 10.5 Å². The number of rotatable bonds is 10. The molecular weight excluding hydrogens is 592 g/mol. The van der Waals surface area contributed by atoms with Gasteiger partial charge in [-0.3, -0.25) is 15.3 Å². The van der Waals surface area contributed by atoms with Crippen molar-refractivity contribution in [3.63, 3.8) is 0 Å². The van der Waals surface area contributed by atoms with E-state index in [0.717, 1.165) is 0 Å². The van der Waals surface area contributed by atoms with Gasteiger partial charge in [-0.25, -0.2) is 10.3 Å². The second-order valence-corrected chi connectivity index (χ2v) is 9.06. The van der Waals surface area contributed by atoms with Crippen LogP contribution in [0, 0.1) is 0 Å². The molecule has 0 fully saturated rings. The molecule has 2 amide bonds. The Labute approximate surface area is 218 Å². The molecule has 1 heterocycles. The van der Waals surface area contributed by atoms with E-state index >= 15 is 0 Å². The van der Waals surface area contributed by atoms with Crippen molar-refractivity contribution >= 4 is 49.5 Å². The molecule has 0 saturated carbocycles. The van der Waals surface area contributed by atoms with Crippen molar-refractivity contribution < 1.29 is 38.9 Å². The second-order valence-electron chi connectivity index (χ2n) is 7.29. The summed E-state index contributed by atoms with van der Waals surface area (Å²) in [4.78, 5) is 24.1. The van der Waals surface area contributed by atoms with Crippen LogP contribution in [0.25, 0.3) is 0 Å². The van der Waals surface area contributed by atoms with Crippen LogP contribution in [0.15, 0.2) is 51.4 Å². The van der Waals surface area contributed by atoms with Gasteiger partial charge in [0.2, 0.25) is 6.79 Å². The Kier molecular flexibility index (Phi) is 9.78. The van der Waals surface area contributed by atoms with Gasteiger partial charge in [-0.1, -0.05) is 22.0 Å². The number of halogens is 2. The van der Waals surface area contributed by atoms with E-state index in [1.54, 1.807) is 43.3 Å². The maximum Gasteiger partial charge on any atom is 0.412 e. The van der Waals surface area contributed by atoms with Gasteiger partial charge in [0.1, 0.15) is 5.75 Å². The monoisotopic (exact) mass is 614 g/mol. The van der Waals surface area contributed by atoms with Crippen molar-refractivity contribution in [2.45, 2.75) is 32.0 Å². The molecule has 188 valence electrons. The van der Waals surface area contributed by atoms with Gasteiger partial charge in [-0.2, -0.15) is 0 Å². The minimum atomic E-state index is -1.00. The van der Waals surface area contributed by atoms with Gasteiger partial charge in [-0.05, 0) is 60.0 Å². The molecule has 4 N–H and O–H groups in total. The van der Waals surface area contributed by atoms with Gasteiger partial charge in [0, 0.05) is 34.5 Å². The molecule has 2 atom stereocenters. The Morgan fingerprint density at radius 1 is 1.20 bits per heavy atom.